The number of rotatable bonds is 6. The number of sulfonamides is 1. The Morgan fingerprint density at radius 2 is 1.79 bits per heavy atom. The number of anilines is 1. The molecule has 0 unspecified atom stereocenters. The Morgan fingerprint density at radius 1 is 1.12 bits per heavy atom. The minimum Gasteiger partial charge on any atom is -0.496 e. The summed E-state index contributed by atoms with van der Waals surface area (Å²) in [5.74, 6) is 0.335. The zero-order chi connectivity index (χ0) is 17.7. The van der Waals surface area contributed by atoms with Gasteiger partial charge in [0, 0.05) is 24.7 Å². The lowest BCUT2D eigenvalue weighted by Crippen LogP contribution is -2.23. The highest BCUT2D eigenvalue weighted by molar-refractivity contribution is 7.89. The summed E-state index contributed by atoms with van der Waals surface area (Å²) < 4.78 is 32.5. The molecule has 0 spiro atoms. The molecule has 0 atom stereocenters. The van der Waals surface area contributed by atoms with Gasteiger partial charge in [-0.15, -0.1) is 0 Å². The van der Waals surface area contributed by atoms with Crippen molar-refractivity contribution in [2.45, 2.75) is 25.3 Å². The molecule has 0 aliphatic heterocycles. The van der Waals surface area contributed by atoms with E-state index >= 15 is 0 Å². The number of hydrogen-bond acceptors (Lipinski definition) is 4. The van der Waals surface area contributed by atoms with Crippen LogP contribution in [0.2, 0.25) is 0 Å². The first-order valence-electron chi connectivity index (χ1n) is 7.32. The molecule has 0 aliphatic rings. The first-order valence-corrected chi connectivity index (χ1v) is 8.81. The van der Waals surface area contributed by atoms with E-state index < -0.39 is 10.0 Å². The lowest BCUT2D eigenvalue weighted by Gasteiger charge is -2.12. The van der Waals surface area contributed by atoms with Gasteiger partial charge in [-0.2, -0.15) is 0 Å². The van der Waals surface area contributed by atoms with E-state index in [4.69, 9.17) is 4.74 Å². The number of benzene rings is 2. The molecular formula is C17H20N2O4S. The molecule has 7 heteroatoms. The molecule has 128 valence electrons. The van der Waals surface area contributed by atoms with Crippen LogP contribution in [0.15, 0.2) is 47.4 Å². The van der Waals surface area contributed by atoms with Crippen LogP contribution >= 0.6 is 0 Å². The summed E-state index contributed by atoms with van der Waals surface area (Å²) in [6.45, 7) is 3.35. The number of carbonyl (C=O) groups is 1. The molecule has 0 aromatic heterocycles. The summed E-state index contributed by atoms with van der Waals surface area (Å²) in [7, 11) is -2.12. The minimum absolute atomic E-state index is 0.0484. The van der Waals surface area contributed by atoms with Gasteiger partial charge in [0.05, 0.1) is 12.0 Å². The van der Waals surface area contributed by atoms with Gasteiger partial charge >= 0.3 is 0 Å². The fraction of sp³-hybridized carbons (Fsp3) is 0.235. The van der Waals surface area contributed by atoms with Crippen molar-refractivity contribution in [3.8, 4) is 5.75 Å². The van der Waals surface area contributed by atoms with Crippen LogP contribution in [0.3, 0.4) is 0 Å². The normalized spacial score (nSPS) is 11.1. The largest absolute Gasteiger partial charge is 0.496 e. The molecule has 0 aliphatic carbocycles. The van der Waals surface area contributed by atoms with Crippen molar-refractivity contribution < 1.29 is 17.9 Å². The maximum Gasteiger partial charge on any atom is 0.240 e. The van der Waals surface area contributed by atoms with Crippen molar-refractivity contribution >= 4 is 21.6 Å². The van der Waals surface area contributed by atoms with Crippen LogP contribution in [0.4, 0.5) is 5.69 Å². The van der Waals surface area contributed by atoms with Crippen LogP contribution in [0.5, 0.6) is 5.75 Å². The minimum atomic E-state index is -3.63. The average Bonchev–Trinajstić information content (AvgIpc) is 2.53. The molecule has 0 bridgehead atoms. The summed E-state index contributed by atoms with van der Waals surface area (Å²) >= 11 is 0. The van der Waals surface area contributed by atoms with E-state index in [9.17, 15) is 13.2 Å². The Kier molecular flexibility index (Phi) is 5.58. The van der Waals surface area contributed by atoms with Crippen molar-refractivity contribution in [3.63, 3.8) is 0 Å². The standard InChI is InChI=1S/C17H20N2O4S/c1-12-4-7-16(8-5-12)24(21,22)18-11-14-10-15(19-13(2)20)6-9-17(14)23-3/h4-10,18H,11H2,1-3H3,(H,19,20). The molecule has 2 rings (SSSR count). The predicted molar refractivity (Wildman–Crippen MR) is 92.5 cm³/mol. The quantitative estimate of drug-likeness (QED) is 0.840. The topological polar surface area (TPSA) is 84.5 Å². The third kappa shape index (κ3) is 4.56. The number of aryl methyl sites for hydroxylation is 1. The van der Waals surface area contributed by atoms with E-state index in [1.807, 2.05) is 6.92 Å². The molecule has 0 saturated heterocycles. The highest BCUT2D eigenvalue weighted by atomic mass is 32.2. The van der Waals surface area contributed by atoms with Crippen LogP contribution in [0, 0.1) is 6.92 Å². The molecule has 0 radical (unpaired) electrons. The summed E-state index contributed by atoms with van der Waals surface area (Å²) in [6.07, 6.45) is 0. The van der Waals surface area contributed by atoms with Gasteiger partial charge in [-0.3, -0.25) is 4.79 Å². The lowest BCUT2D eigenvalue weighted by molar-refractivity contribution is -0.114. The van der Waals surface area contributed by atoms with Crippen molar-refractivity contribution in [1.82, 2.24) is 4.72 Å². The summed E-state index contributed by atoms with van der Waals surface area (Å²) in [6, 6.07) is 11.7. The maximum absolute atomic E-state index is 12.4. The van der Waals surface area contributed by atoms with Crippen LogP contribution in [0.1, 0.15) is 18.1 Å². The molecular weight excluding hydrogens is 328 g/mol. The van der Waals surface area contributed by atoms with Crippen LogP contribution in [-0.4, -0.2) is 21.4 Å². The highest BCUT2D eigenvalue weighted by Crippen LogP contribution is 2.23. The van der Waals surface area contributed by atoms with Gasteiger partial charge < -0.3 is 10.1 Å². The van der Waals surface area contributed by atoms with Gasteiger partial charge in [-0.1, -0.05) is 17.7 Å². The van der Waals surface area contributed by atoms with E-state index in [0.717, 1.165) is 5.56 Å². The number of methoxy groups -OCH3 is 1. The summed E-state index contributed by atoms with van der Waals surface area (Å²) in [5, 5.41) is 2.66. The Hall–Kier alpha value is -2.38. The van der Waals surface area contributed by atoms with Crippen LogP contribution in [0.25, 0.3) is 0 Å². The Bertz CT molecular complexity index is 830. The van der Waals surface area contributed by atoms with E-state index in [0.29, 0.717) is 17.0 Å². The van der Waals surface area contributed by atoms with Gasteiger partial charge in [0.2, 0.25) is 15.9 Å². The molecule has 2 N–H and O–H groups in total. The highest BCUT2D eigenvalue weighted by Gasteiger charge is 2.15. The molecule has 0 saturated carbocycles. The van der Waals surface area contributed by atoms with Crippen LogP contribution in [-0.2, 0) is 21.4 Å². The number of nitrogens with one attached hydrogen (secondary N) is 2. The van der Waals surface area contributed by atoms with Gasteiger partial charge in [0.25, 0.3) is 0 Å². The molecule has 1 amide bonds. The monoisotopic (exact) mass is 348 g/mol. The third-order valence-corrected chi connectivity index (χ3v) is 4.80. The van der Waals surface area contributed by atoms with Gasteiger partial charge in [-0.25, -0.2) is 13.1 Å². The fourth-order valence-electron chi connectivity index (χ4n) is 2.17. The first kappa shape index (κ1) is 18.0. The second-order valence-corrected chi connectivity index (χ2v) is 7.11. The second-order valence-electron chi connectivity index (χ2n) is 5.35. The summed E-state index contributed by atoms with van der Waals surface area (Å²) in [5.41, 5.74) is 2.19. The molecule has 24 heavy (non-hydrogen) atoms. The zero-order valence-electron chi connectivity index (χ0n) is 13.8. The van der Waals surface area contributed by atoms with Gasteiger partial charge in [0.15, 0.2) is 0 Å². The van der Waals surface area contributed by atoms with Crippen molar-refractivity contribution in [3.05, 3.63) is 53.6 Å². The number of ether oxygens (including phenoxy) is 1. The molecule has 0 heterocycles. The molecule has 2 aromatic carbocycles. The zero-order valence-corrected chi connectivity index (χ0v) is 14.6. The first-order chi connectivity index (χ1) is 11.3. The van der Waals surface area contributed by atoms with Crippen molar-refractivity contribution in [2.24, 2.45) is 0 Å². The Labute approximate surface area is 141 Å². The number of hydrogen-bond donors (Lipinski definition) is 2. The van der Waals surface area contributed by atoms with E-state index in [1.54, 1.807) is 42.5 Å². The van der Waals surface area contributed by atoms with Crippen molar-refractivity contribution in [1.29, 1.82) is 0 Å². The van der Waals surface area contributed by atoms with Gasteiger partial charge in [-0.05, 0) is 37.3 Å². The SMILES string of the molecule is COc1ccc(NC(C)=O)cc1CNS(=O)(=O)c1ccc(C)cc1. The van der Waals surface area contributed by atoms with E-state index in [2.05, 4.69) is 10.0 Å². The van der Waals surface area contributed by atoms with Crippen LogP contribution < -0.4 is 14.8 Å². The van der Waals surface area contributed by atoms with E-state index in [1.165, 1.54) is 14.0 Å². The molecule has 2 aromatic rings. The van der Waals surface area contributed by atoms with Gasteiger partial charge in [0.1, 0.15) is 5.75 Å². The lowest BCUT2D eigenvalue weighted by atomic mass is 10.2. The van der Waals surface area contributed by atoms with Crippen molar-refractivity contribution in [2.75, 3.05) is 12.4 Å². The Morgan fingerprint density at radius 3 is 2.38 bits per heavy atom. The smallest absolute Gasteiger partial charge is 0.240 e. The number of amides is 1. The predicted octanol–water partition coefficient (Wildman–Crippen LogP) is 2.44. The summed E-state index contributed by atoms with van der Waals surface area (Å²) in [4.78, 5) is 11.4. The Balaban J connectivity index is 2.20. The fourth-order valence-corrected chi connectivity index (χ4v) is 3.18. The third-order valence-electron chi connectivity index (χ3n) is 3.38. The second kappa shape index (κ2) is 7.46. The molecule has 0 fully saturated rings. The van der Waals surface area contributed by atoms with E-state index in [-0.39, 0.29) is 17.3 Å². The number of carbonyl (C=O) groups excluding carboxylic acids is 1. The average molecular weight is 348 g/mol. The molecule has 6 nitrogen and oxygen atoms in total. The maximum atomic E-state index is 12.4.